The van der Waals surface area contributed by atoms with E-state index in [-0.39, 0.29) is 13.2 Å². The Kier molecular flexibility index (Phi) is 25.5. The van der Waals surface area contributed by atoms with Gasteiger partial charge in [0.2, 0.25) is 0 Å². The highest BCUT2D eigenvalue weighted by atomic mass is 32.2. The quantitative estimate of drug-likeness (QED) is 0.0568. The number of likely N-dealkylation sites (N-methyl/N-ethyl adjacent to an activating group) is 1. The summed E-state index contributed by atoms with van der Waals surface area (Å²) in [6.07, 6.45) is 19.4. The standard InChI is InChI=1S/C28H60NO6PS/c1-6-7-8-9-10-11-12-13-14-15-16-17-18-19-25-37-26-20-28(27-33-24-23-32-5)35-36(30,31)34-22-21-29(2,3)4/h28H,6-27H2,1-5H3/p+1. The average Bonchev–Trinajstić information content (AvgIpc) is 2.82. The normalized spacial score (nSPS) is 14.6. The summed E-state index contributed by atoms with van der Waals surface area (Å²) < 4.78 is 34.3. The van der Waals surface area contributed by atoms with E-state index in [1.54, 1.807) is 7.11 Å². The summed E-state index contributed by atoms with van der Waals surface area (Å²) in [4.78, 5) is 10.1. The molecule has 9 heteroatoms. The lowest BCUT2D eigenvalue weighted by Crippen LogP contribution is -2.37. The zero-order valence-corrected chi connectivity index (χ0v) is 26.6. The van der Waals surface area contributed by atoms with E-state index in [0.717, 1.165) is 11.5 Å². The average molecular weight is 571 g/mol. The number of rotatable bonds is 29. The minimum absolute atomic E-state index is 0.169. The van der Waals surface area contributed by atoms with Crippen molar-refractivity contribution in [3.05, 3.63) is 0 Å². The zero-order chi connectivity index (χ0) is 27.7. The third-order valence-electron chi connectivity index (χ3n) is 6.26. The van der Waals surface area contributed by atoms with E-state index in [0.29, 0.717) is 30.7 Å². The number of hydrogen-bond acceptors (Lipinski definition) is 6. The van der Waals surface area contributed by atoms with Gasteiger partial charge in [-0.1, -0.05) is 90.4 Å². The van der Waals surface area contributed by atoms with Gasteiger partial charge < -0.3 is 18.9 Å². The van der Waals surface area contributed by atoms with Gasteiger partial charge in [0.05, 0.1) is 47.1 Å². The Morgan fingerprint density at radius 2 is 1.32 bits per heavy atom. The van der Waals surface area contributed by atoms with Gasteiger partial charge in [-0.3, -0.25) is 9.05 Å². The van der Waals surface area contributed by atoms with Crippen LogP contribution in [0.15, 0.2) is 0 Å². The smallest absolute Gasteiger partial charge is 0.382 e. The van der Waals surface area contributed by atoms with Crippen molar-refractivity contribution in [2.75, 3.05) is 72.7 Å². The van der Waals surface area contributed by atoms with Crippen LogP contribution in [0.5, 0.6) is 0 Å². The molecule has 37 heavy (non-hydrogen) atoms. The molecule has 7 nitrogen and oxygen atoms in total. The van der Waals surface area contributed by atoms with Gasteiger partial charge in [0.1, 0.15) is 13.2 Å². The number of unbranched alkanes of at least 4 members (excludes halogenated alkanes) is 13. The van der Waals surface area contributed by atoms with Crippen molar-refractivity contribution in [3.63, 3.8) is 0 Å². The van der Waals surface area contributed by atoms with Crippen LogP contribution in [-0.4, -0.2) is 88.2 Å². The molecule has 2 atom stereocenters. The highest BCUT2D eigenvalue weighted by Crippen LogP contribution is 2.45. The lowest BCUT2D eigenvalue weighted by molar-refractivity contribution is -0.870. The lowest BCUT2D eigenvalue weighted by atomic mass is 10.0. The lowest BCUT2D eigenvalue weighted by Gasteiger charge is -2.25. The fourth-order valence-electron chi connectivity index (χ4n) is 3.89. The first-order valence-electron chi connectivity index (χ1n) is 14.8. The van der Waals surface area contributed by atoms with Gasteiger partial charge in [-0.25, -0.2) is 4.57 Å². The Morgan fingerprint density at radius 1 is 0.784 bits per heavy atom. The molecule has 0 aliphatic carbocycles. The van der Waals surface area contributed by atoms with E-state index in [1.165, 1.54) is 89.9 Å². The molecular weight excluding hydrogens is 509 g/mol. The molecule has 0 aliphatic rings. The van der Waals surface area contributed by atoms with Crippen LogP contribution in [0.3, 0.4) is 0 Å². The fourth-order valence-corrected chi connectivity index (χ4v) is 5.85. The molecule has 0 aromatic rings. The van der Waals surface area contributed by atoms with Crippen molar-refractivity contribution in [1.82, 2.24) is 0 Å². The molecule has 0 spiro atoms. The number of nitrogens with zero attached hydrogens (tertiary/aromatic N) is 1. The molecule has 0 amide bonds. The molecule has 0 radical (unpaired) electrons. The molecule has 224 valence electrons. The minimum atomic E-state index is -4.11. The zero-order valence-electron chi connectivity index (χ0n) is 24.9. The Balaban J connectivity index is 3.86. The maximum atomic E-state index is 12.4. The summed E-state index contributed by atoms with van der Waals surface area (Å²) >= 11 is 1.88. The second kappa shape index (κ2) is 25.3. The minimum Gasteiger partial charge on any atom is -0.382 e. The first kappa shape index (κ1) is 37.3. The first-order chi connectivity index (χ1) is 17.7. The molecule has 0 bridgehead atoms. The highest BCUT2D eigenvalue weighted by molar-refractivity contribution is 7.99. The Hall–Kier alpha value is 0.340. The molecule has 0 aromatic carbocycles. The monoisotopic (exact) mass is 570 g/mol. The van der Waals surface area contributed by atoms with E-state index in [1.807, 2.05) is 32.9 Å². The molecule has 0 fully saturated rings. The molecule has 0 saturated heterocycles. The fraction of sp³-hybridized carbons (Fsp3) is 1.00. The van der Waals surface area contributed by atoms with Gasteiger partial charge >= 0.3 is 7.82 Å². The third kappa shape index (κ3) is 29.2. The molecule has 2 unspecified atom stereocenters. The van der Waals surface area contributed by atoms with Crippen LogP contribution in [-0.2, 0) is 23.1 Å². The topological polar surface area (TPSA) is 74.2 Å². The van der Waals surface area contributed by atoms with Crippen LogP contribution in [0, 0.1) is 0 Å². The third-order valence-corrected chi connectivity index (χ3v) is 8.44. The molecule has 0 aliphatic heterocycles. The van der Waals surface area contributed by atoms with Crippen molar-refractivity contribution in [3.8, 4) is 0 Å². The summed E-state index contributed by atoms with van der Waals surface area (Å²) in [6, 6.07) is 0. The summed E-state index contributed by atoms with van der Waals surface area (Å²) in [5.41, 5.74) is 0. The van der Waals surface area contributed by atoms with Crippen molar-refractivity contribution < 1.29 is 32.5 Å². The largest absolute Gasteiger partial charge is 0.472 e. The second-order valence-corrected chi connectivity index (χ2v) is 13.7. The van der Waals surface area contributed by atoms with Gasteiger partial charge in [-0.05, 0) is 24.3 Å². The number of hydrogen-bond donors (Lipinski definition) is 1. The maximum absolute atomic E-state index is 12.4. The number of thioether (sulfide) groups is 1. The number of phosphoric ester groups is 1. The predicted octanol–water partition coefficient (Wildman–Crippen LogP) is 7.46. The van der Waals surface area contributed by atoms with Gasteiger partial charge in [0.25, 0.3) is 0 Å². The SMILES string of the molecule is CCCCCCCCCCCCCCCCSCCC(COCCOC)OP(=O)(O)OCC[N+](C)(C)C. The van der Waals surface area contributed by atoms with Gasteiger partial charge in [-0.2, -0.15) is 11.8 Å². The molecular formula is C28H61NO6PS+. The predicted molar refractivity (Wildman–Crippen MR) is 158 cm³/mol. The van der Waals surface area contributed by atoms with E-state index >= 15 is 0 Å². The van der Waals surface area contributed by atoms with E-state index in [4.69, 9.17) is 18.5 Å². The van der Waals surface area contributed by atoms with Crippen molar-refractivity contribution in [2.45, 2.75) is 109 Å². The molecule has 0 aromatic heterocycles. The van der Waals surface area contributed by atoms with Crippen molar-refractivity contribution >= 4 is 19.6 Å². The van der Waals surface area contributed by atoms with Gasteiger partial charge in [0.15, 0.2) is 0 Å². The van der Waals surface area contributed by atoms with E-state index in [2.05, 4.69) is 6.92 Å². The summed E-state index contributed by atoms with van der Waals surface area (Å²) in [7, 11) is 3.53. The number of ether oxygens (including phenoxy) is 2. The van der Waals surface area contributed by atoms with Gasteiger partial charge in [-0.15, -0.1) is 0 Å². The first-order valence-corrected chi connectivity index (χ1v) is 17.5. The highest BCUT2D eigenvalue weighted by Gasteiger charge is 2.27. The molecule has 0 heterocycles. The van der Waals surface area contributed by atoms with Crippen LogP contribution in [0.1, 0.15) is 103 Å². The van der Waals surface area contributed by atoms with E-state index in [9.17, 15) is 9.46 Å². The van der Waals surface area contributed by atoms with Gasteiger partial charge in [0, 0.05) is 7.11 Å². The van der Waals surface area contributed by atoms with Crippen LogP contribution in [0.25, 0.3) is 0 Å². The second-order valence-electron chi connectivity index (χ2n) is 11.1. The summed E-state index contributed by atoms with van der Waals surface area (Å²) in [5.74, 6) is 1.99. The Morgan fingerprint density at radius 3 is 1.84 bits per heavy atom. The van der Waals surface area contributed by atoms with E-state index < -0.39 is 13.9 Å². The number of quaternary nitrogens is 1. The van der Waals surface area contributed by atoms with Crippen LogP contribution >= 0.6 is 19.6 Å². The van der Waals surface area contributed by atoms with Crippen LogP contribution < -0.4 is 0 Å². The van der Waals surface area contributed by atoms with Crippen molar-refractivity contribution in [2.24, 2.45) is 0 Å². The molecule has 1 N–H and O–H groups in total. The summed E-state index contributed by atoms with van der Waals surface area (Å²) in [5, 5.41) is 0. The van der Waals surface area contributed by atoms with Crippen LogP contribution in [0.4, 0.5) is 0 Å². The van der Waals surface area contributed by atoms with Crippen molar-refractivity contribution in [1.29, 1.82) is 0 Å². The summed E-state index contributed by atoms with van der Waals surface area (Å²) in [6.45, 7) is 4.24. The maximum Gasteiger partial charge on any atom is 0.472 e. The number of phosphoric acid groups is 1. The molecule has 0 rings (SSSR count). The Labute approximate surface area is 233 Å². The molecule has 0 saturated carbocycles. The Bertz CT molecular complexity index is 535. The number of methoxy groups -OCH3 is 1. The van der Waals surface area contributed by atoms with Crippen LogP contribution in [0.2, 0.25) is 0 Å².